The molecular weight excluding hydrogens is 308 g/mol. The Kier molecular flexibility index (Phi) is 4.45. The van der Waals surface area contributed by atoms with Crippen LogP contribution in [0.4, 0.5) is 0 Å². The van der Waals surface area contributed by atoms with Gasteiger partial charge in [-0.1, -0.05) is 0 Å². The molecule has 2 aromatic heterocycles. The lowest BCUT2D eigenvalue weighted by Gasteiger charge is -2.31. The molecule has 7 nitrogen and oxygen atoms in total. The van der Waals surface area contributed by atoms with E-state index >= 15 is 0 Å². The number of carbonyl (C=O) groups is 1. The Morgan fingerprint density at radius 3 is 2.88 bits per heavy atom. The van der Waals surface area contributed by atoms with Gasteiger partial charge >= 0.3 is 0 Å². The van der Waals surface area contributed by atoms with Gasteiger partial charge in [0.05, 0.1) is 18.1 Å². The number of nitrogens with one attached hydrogen (secondary N) is 1. The number of carbonyl (C=O) groups excluding carboxylic acids is 1. The van der Waals surface area contributed by atoms with Gasteiger partial charge in [-0.25, -0.2) is 4.98 Å². The fourth-order valence-corrected chi connectivity index (χ4v) is 3.41. The summed E-state index contributed by atoms with van der Waals surface area (Å²) in [6.07, 6.45) is 1.11. The fourth-order valence-electron chi connectivity index (χ4n) is 3.41. The highest BCUT2D eigenvalue weighted by Gasteiger charge is 2.22. The Labute approximate surface area is 140 Å². The standard InChI is InChI=1S/C17H24N4O3/c1-10-9-21(7-8-24-10)14(22)6-5-13-11(2)15-16(18-12(13)3)19-20(4)17(15)23/h10H,5-9H2,1-4H3,(H,18,19). The lowest BCUT2D eigenvalue weighted by atomic mass is 10.00. The molecule has 3 heterocycles. The summed E-state index contributed by atoms with van der Waals surface area (Å²) in [5, 5.41) is 3.58. The van der Waals surface area contributed by atoms with E-state index in [0.29, 0.717) is 43.6 Å². The smallest absolute Gasteiger partial charge is 0.276 e. The van der Waals surface area contributed by atoms with E-state index in [1.54, 1.807) is 7.05 Å². The molecule has 7 heteroatoms. The van der Waals surface area contributed by atoms with Crippen LogP contribution in [0.25, 0.3) is 11.0 Å². The van der Waals surface area contributed by atoms with E-state index in [1.165, 1.54) is 4.68 Å². The largest absolute Gasteiger partial charge is 0.375 e. The van der Waals surface area contributed by atoms with Crippen molar-refractivity contribution in [3.63, 3.8) is 0 Å². The molecule has 0 aliphatic carbocycles. The summed E-state index contributed by atoms with van der Waals surface area (Å²) in [6.45, 7) is 7.73. The van der Waals surface area contributed by atoms with Gasteiger partial charge in [0.2, 0.25) is 5.91 Å². The monoisotopic (exact) mass is 332 g/mol. The molecule has 0 radical (unpaired) electrons. The predicted molar refractivity (Wildman–Crippen MR) is 91.1 cm³/mol. The van der Waals surface area contributed by atoms with Crippen molar-refractivity contribution < 1.29 is 9.53 Å². The van der Waals surface area contributed by atoms with Crippen molar-refractivity contribution in [2.75, 3.05) is 19.7 Å². The lowest BCUT2D eigenvalue weighted by Crippen LogP contribution is -2.44. The highest BCUT2D eigenvalue weighted by Crippen LogP contribution is 2.21. The van der Waals surface area contributed by atoms with Crippen molar-refractivity contribution in [2.24, 2.45) is 7.05 Å². The van der Waals surface area contributed by atoms with Gasteiger partial charge in [0, 0.05) is 32.3 Å². The van der Waals surface area contributed by atoms with Gasteiger partial charge in [0.25, 0.3) is 5.56 Å². The third-order valence-corrected chi connectivity index (χ3v) is 4.76. The average molecular weight is 332 g/mol. The number of amides is 1. The number of rotatable bonds is 3. The Morgan fingerprint density at radius 2 is 2.17 bits per heavy atom. The van der Waals surface area contributed by atoms with Crippen LogP contribution in [0.15, 0.2) is 4.79 Å². The number of hydrogen-bond acceptors (Lipinski definition) is 4. The van der Waals surface area contributed by atoms with Gasteiger partial charge in [0.1, 0.15) is 0 Å². The minimum absolute atomic E-state index is 0.0791. The van der Waals surface area contributed by atoms with Crippen molar-refractivity contribution in [3.8, 4) is 0 Å². The van der Waals surface area contributed by atoms with E-state index in [0.717, 1.165) is 16.8 Å². The molecule has 24 heavy (non-hydrogen) atoms. The Hall–Kier alpha value is -2.15. The van der Waals surface area contributed by atoms with E-state index < -0.39 is 0 Å². The van der Waals surface area contributed by atoms with Crippen molar-refractivity contribution in [1.29, 1.82) is 0 Å². The molecular formula is C17H24N4O3. The van der Waals surface area contributed by atoms with E-state index in [9.17, 15) is 9.59 Å². The average Bonchev–Trinajstić information content (AvgIpc) is 2.81. The maximum absolute atomic E-state index is 12.5. The second-order valence-electron chi connectivity index (χ2n) is 6.52. The van der Waals surface area contributed by atoms with Gasteiger partial charge in [-0.2, -0.15) is 0 Å². The van der Waals surface area contributed by atoms with Crippen molar-refractivity contribution in [3.05, 3.63) is 27.2 Å². The lowest BCUT2D eigenvalue weighted by molar-refractivity contribution is -0.138. The van der Waals surface area contributed by atoms with Gasteiger partial charge < -0.3 is 9.64 Å². The van der Waals surface area contributed by atoms with Crippen LogP contribution in [-0.4, -0.2) is 51.4 Å². The number of morpholine rings is 1. The first kappa shape index (κ1) is 16.7. The predicted octanol–water partition coefficient (Wildman–Crippen LogP) is 1.06. The number of hydrogen-bond donors (Lipinski definition) is 1. The molecule has 1 amide bonds. The second-order valence-corrected chi connectivity index (χ2v) is 6.52. The molecule has 2 aromatic rings. The highest BCUT2D eigenvalue weighted by molar-refractivity contribution is 5.80. The number of aromatic nitrogens is 3. The number of H-pyrrole nitrogens is 1. The number of fused-ring (bicyclic) bond motifs is 1. The molecule has 1 saturated heterocycles. The van der Waals surface area contributed by atoms with Gasteiger partial charge in [-0.3, -0.25) is 19.4 Å². The summed E-state index contributed by atoms with van der Waals surface area (Å²) >= 11 is 0. The topological polar surface area (TPSA) is 80.2 Å². The van der Waals surface area contributed by atoms with Crippen LogP contribution in [0.3, 0.4) is 0 Å². The number of nitrogens with zero attached hydrogens (tertiary/aromatic N) is 3. The SMILES string of the molecule is Cc1nc2[nH]n(C)c(=O)c2c(C)c1CCC(=O)N1CCOC(C)C1. The van der Waals surface area contributed by atoms with Crippen LogP contribution in [0, 0.1) is 13.8 Å². The maximum Gasteiger partial charge on any atom is 0.276 e. The highest BCUT2D eigenvalue weighted by atomic mass is 16.5. The van der Waals surface area contributed by atoms with Crippen molar-refractivity contribution >= 4 is 16.9 Å². The third-order valence-electron chi connectivity index (χ3n) is 4.76. The molecule has 1 aliphatic heterocycles. The number of aryl methyl sites for hydroxylation is 3. The molecule has 3 rings (SSSR count). The zero-order valence-electron chi connectivity index (χ0n) is 14.7. The fraction of sp³-hybridized carbons (Fsp3) is 0.588. The Morgan fingerprint density at radius 1 is 1.42 bits per heavy atom. The molecule has 0 aromatic carbocycles. The third kappa shape index (κ3) is 2.96. The van der Waals surface area contributed by atoms with Crippen LogP contribution >= 0.6 is 0 Å². The minimum atomic E-state index is -0.0791. The number of ether oxygens (including phenoxy) is 1. The molecule has 0 spiro atoms. The molecule has 1 atom stereocenters. The van der Waals surface area contributed by atoms with Gasteiger partial charge in [0.15, 0.2) is 5.65 Å². The van der Waals surface area contributed by atoms with Crippen molar-refractivity contribution in [2.45, 2.75) is 39.7 Å². The molecule has 1 aliphatic rings. The first-order valence-corrected chi connectivity index (χ1v) is 8.32. The normalized spacial score (nSPS) is 18.3. The van der Waals surface area contributed by atoms with Crippen LogP contribution < -0.4 is 5.56 Å². The van der Waals surface area contributed by atoms with E-state index in [4.69, 9.17) is 4.74 Å². The van der Waals surface area contributed by atoms with E-state index in [-0.39, 0.29) is 17.6 Å². The molecule has 0 saturated carbocycles. The first-order chi connectivity index (χ1) is 11.4. The zero-order chi connectivity index (χ0) is 17.4. The molecule has 1 unspecified atom stereocenters. The first-order valence-electron chi connectivity index (χ1n) is 8.32. The Bertz CT molecular complexity index is 836. The maximum atomic E-state index is 12.5. The minimum Gasteiger partial charge on any atom is -0.375 e. The second kappa shape index (κ2) is 6.39. The van der Waals surface area contributed by atoms with E-state index in [2.05, 4.69) is 10.1 Å². The van der Waals surface area contributed by atoms with Crippen molar-refractivity contribution in [1.82, 2.24) is 19.7 Å². The Balaban J connectivity index is 1.81. The van der Waals surface area contributed by atoms with Crippen LogP contribution in [0.1, 0.15) is 30.2 Å². The molecule has 1 N–H and O–H groups in total. The summed E-state index contributed by atoms with van der Waals surface area (Å²) in [6, 6.07) is 0. The molecule has 1 fully saturated rings. The summed E-state index contributed by atoms with van der Waals surface area (Å²) in [5.41, 5.74) is 3.31. The van der Waals surface area contributed by atoms with Crippen LogP contribution in [0.2, 0.25) is 0 Å². The number of pyridine rings is 1. The van der Waals surface area contributed by atoms with Gasteiger partial charge in [-0.15, -0.1) is 0 Å². The van der Waals surface area contributed by atoms with Gasteiger partial charge in [-0.05, 0) is 38.3 Å². The molecule has 0 bridgehead atoms. The summed E-state index contributed by atoms with van der Waals surface area (Å²) < 4.78 is 6.92. The van der Waals surface area contributed by atoms with Crippen LogP contribution in [-0.2, 0) is 23.0 Å². The summed E-state index contributed by atoms with van der Waals surface area (Å²) in [5.74, 6) is 0.131. The quantitative estimate of drug-likeness (QED) is 0.911. The summed E-state index contributed by atoms with van der Waals surface area (Å²) in [7, 11) is 1.68. The number of aromatic amines is 1. The van der Waals surface area contributed by atoms with Crippen LogP contribution in [0.5, 0.6) is 0 Å². The molecule has 130 valence electrons. The van der Waals surface area contributed by atoms with E-state index in [1.807, 2.05) is 25.7 Å². The zero-order valence-corrected chi connectivity index (χ0v) is 14.7. The summed E-state index contributed by atoms with van der Waals surface area (Å²) in [4.78, 5) is 31.0.